The second-order valence-electron chi connectivity index (χ2n) is 6.15. The van der Waals surface area contributed by atoms with Gasteiger partial charge in [-0.1, -0.05) is 48.0 Å². The van der Waals surface area contributed by atoms with E-state index in [0.29, 0.717) is 29.8 Å². The third kappa shape index (κ3) is 6.77. The Morgan fingerprint density at radius 1 is 1.11 bits per heavy atom. The summed E-state index contributed by atoms with van der Waals surface area (Å²) < 4.78 is 25.6. The molecule has 0 radical (unpaired) electrons. The third-order valence-electron chi connectivity index (χ3n) is 3.77. The normalized spacial score (nSPS) is 11.9. The van der Waals surface area contributed by atoms with E-state index in [9.17, 15) is 8.42 Å². The molecule has 2 N–H and O–H groups in total. The monoisotopic (exact) mass is 408 g/mol. The second-order valence-corrected chi connectivity index (χ2v) is 8.30. The molecule has 0 saturated heterocycles. The van der Waals surface area contributed by atoms with Crippen molar-refractivity contribution in [3.05, 3.63) is 64.7 Å². The first-order valence-corrected chi connectivity index (χ1v) is 10.9. The number of hydrogen-bond acceptors (Lipinski definition) is 3. The van der Waals surface area contributed by atoms with Gasteiger partial charge in [0, 0.05) is 25.2 Å². The summed E-state index contributed by atoms with van der Waals surface area (Å²) in [6.07, 6.45) is 1.13. The topological polar surface area (TPSA) is 73.8 Å². The number of hydrogen-bond donors (Lipinski definition) is 2. The largest absolute Gasteiger partial charge is 0.357 e. The maximum atomic E-state index is 11.6. The van der Waals surface area contributed by atoms with Crippen molar-refractivity contribution in [3.63, 3.8) is 0 Å². The van der Waals surface area contributed by atoms with E-state index in [1.807, 2.05) is 55.3 Å². The molecule has 0 amide bonds. The van der Waals surface area contributed by atoms with Crippen LogP contribution in [0.5, 0.6) is 0 Å². The van der Waals surface area contributed by atoms with E-state index < -0.39 is 10.0 Å². The lowest BCUT2D eigenvalue weighted by atomic mass is 10.2. The molecule has 0 aliphatic heterocycles. The number of benzene rings is 2. The fraction of sp³-hybridized carbons (Fsp3) is 0.316. The van der Waals surface area contributed by atoms with Gasteiger partial charge in [0.2, 0.25) is 10.0 Å². The van der Waals surface area contributed by atoms with E-state index in [1.165, 1.54) is 0 Å². The minimum Gasteiger partial charge on any atom is -0.357 e. The smallest absolute Gasteiger partial charge is 0.229 e. The molecule has 0 aromatic heterocycles. The van der Waals surface area contributed by atoms with Gasteiger partial charge in [-0.25, -0.2) is 13.4 Å². The van der Waals surface area contributed by atoms with Gasteiger partial charge in [0.25, 0.3) is 0 Å². The molecule has 6 nitrogen and oxygen atoms in total. The molecule has 146 valence electrons. The molecular formula is C19H25ClN4O2S. The summed E-state index contributed by atoms with van der Waals surface area (Å²) in [4.78, 5) is 6.64. The molecule has 0 aliphatic rings. The molecule has 0 heterocycles. The van der Waals surface area contributed by atoms with Crippen molar-refractivity contribution in [2.75, 3.05) is 24.6 Å². The molecular weight excluding hydrogens is 384 g/mol. The molecule has 0 spiro atoms. The number of para-hydroxylation sites is 1. The highest BCUT2D eigenvalue weighted by molar-refractivity contribution is 7.92. The number of halogens is 1. The number of rotatable bonds is 7. The van der Waals surface area contributed by atoms with Crippen LogP contribution in [0.25, 0.3) is 0 Å². The van der Waals surface area contributed by atoms with E-state index in [-0.39, 0.29) is 0 Å². The van der Waals surface area contributed by atoms with Gasteiger partial charge >= 0.3 is 0 Å². The van der Waals surface area contributed by atoms with Crippen LogP contribution in [-0.2, 0) is 23.1 Å². The Hall–Kier alpha value is -2.25. The van der Waals surface area contributed by atoms with Gasteiger partial charge in [0.1, 0.15) is 0 Å². The fourth-order valence-corrected chi connectivity index (χ4v) is 3.34. The van der Waals surface area contributed by atoms with Crippen LogP contribution in [0.15, 0.2) is 53.5 Å². The van der Waals surface area contributed by atoms with E-state index in [1.54, 1.807) is 12.1 Å². The zero-order valence-corrected chi connectivity index (χ0v) is 17.3. The Kier molecular flexibility index (Phi) is 7.50. The molecule has 27 heavy (non-hydrogen) atoms. The molecule has 2 rings (SSSR count). The first kappa shape index (κ1) is 21.1. The van der Waals surface area contributed by atoms with Gasteiger partial charge in [0.05, 0.1) is 18.5 Å². The number of sulfonamides is 1. The molecule has 0 saturated carbocycles. The van der Waals surface area contributed by atoms with Crippen LogP contribution in [0.2, 0.25) is 5.02 Å². The molecule has 0 aliphatic carbocycles. The van der Waals surface area contributed by atoms with Gasteiger partial charge in [-0.15, -0.1) is 0 Å². The predicted molar refractivity (Wildman–Crippen MR) is 113 cm³/mol. The highest BCUT2D eigenvalue weighted by atomic mass is 35.5. The predicted octanol–water partition coefficient (Wildman–Crippen LogP) is 3.31. The van der Waals surface area contributed by atoms with Crippen LogP contribution >= 0.6 is 11.6 Å². The lowest BCUT2D eigenvalue weighted by Gasteiger charge is -2.23. The molecule has 0 atom stereocenters. The zero-order chi connectivity index (χ0) is 19.9. The molecule has 2 aromatic rings. The highest BCUT2D eigenvalue weighted by Gasteiger charge is 2.10. The van der Waals surface area contributed by atoms with Gasteiger partial charge < -0.3 is 10.2 Å². The van der Waals surface area contributed by atoms with Gasteiger partial charge in [-0.05, 0) is 30.2 Å². The van der Waals surface area contributed by atoms with Gasteiger partial charge in [-0.2, -0.15) is 0 Å². The van der Waals surface area contributed by atoms with Crippen LogP contribution in [0.4, 0.5) is 5.69 Å². The minimum atomic E-state index is -3.35. The zero-order valence-electron chi connectivity index (χ0n) is 15.7. The Morgan fingerprint density at radius 3 is 2.37 bits per heavy atom. The summed E-state index contributed by atoms with van der Waals surface area (Å²) in [5.41, 5.74) is 2.34. The third-order valence-corrected chi connectivity index (χ3v) is 4.73. The standard InChI is InChI=1S/C19H25ClN4O2S/c1-4-21-19(24(2)14-16-10-5-7-11-17(16)20)22-13-15-9-6-8-12-18(15)23-27(3,25)26/h5-12,23H,4,13-14H2,1-3H3,(H,21,22). The van der Waals surface area contributed by atoms with E-state index in [2.05, 4.69) is 15.0 Å². The molecule has 8 heteroatoms. The van der Waals surface area contributed by atoms with Crippen LogP contribution in [0, 0.1) is 0 Å². The van der Waals surface area contributed by atoms with Crippen molar-refractivity contribution in [2.45, 2.75) is 20.0 Å². The first-order chi connectivity index (χ1) is 12.8. The SMILES string of the molecule is CCNC(=NCc1ccccc1NS(C)(=O)=O)N(C)Cc1ccccc1Cl. The first-order valence-electron chi connectivity index (χ1n) is 8.58. The van der Waals surface area contributed by atoms with Crippen LogP contribution in [0.1, 0.15) is 18.1 Å². The van der Waals surface area contributed by atoms with Crippen molar-refractivity contribution in [1.82, 2.24) is 10.2 Å². The average Bonchev–Trinajstić information content (AvgIpc) is 2.60. The second kappa shape index (κ2) is 9.62. The summed E-state index contributed by atoms with van der Waals surface area (Å²) in [5.74, 6) is 0.714. The van der Waals surface area contributed by atoms with E-state index >= 15 is 0 Å². The van der Waals surface area contributed by atoms with Crippen LogP contribution in [0.3, 0.4) is 0 Å². The van der Waals surface area contributed by atoms with Crippen molar-refractivity contribution in [2.24, 2.45) is 4.99 Å². The van der Waals surface area contributed by atoms with Crippen LogP contribution in [-0.4, -0.2) is 39.1 Å². The molecule has 0 bridgehead atoms. The number of nitrogens with zero attached hydrogens (tertiary/aromatic N) is 2. The van der Waals surface area contributed by atoms with Gasteiger partial charge in [-0.3, -0.25) is 4.72 Å². The van der Waals surface area contributed by atoms with Crippen molar-refractivity contribution >= 4 is 33.3 Å². The maximum Gasteiger partial charge on any atom is 0.229 e. The molecule has 0 fully saturated rings. The maximum absolute atomic E-state index is 11.6. The minimum absolute atomic E-state index is 0.341. The van der Waals surface area contributed by atoms with Crippen molar-refractivity contribution in [1.29, 1.82) is 0 Å². The lowest BCUT2D eigenvalue weighted by Crippen LogP contribution is -2.38. The Balaban J connectivity index is 2.19. The number of nitrogens with one attached hydrogen (secondary N) is 2. The summed E-state index contributed by atoms with van der Waals surface area (Å²) >= 11 is 6.25. The van der Waals surface area contributed by atoms with Crippen LogP contribution < -0.4 is 10.0 Å². The van der Waals surface area contributed by atoms with E-state index in [0.717, 1.165) is 23.9 Å². The summed E-state index contributed by atoms with van der Waals surface area (Å²) in [5, 5.41) is 3.97. The average molecular weight is 409 g/mol. The number of aliphatic imine (C=N–C) groups is 1. The summed E-state index contributed by atoms with van der Waals surface area (Å²) in [6, 6.07) is 14.9. The molecule has 0 unspecified atom stereocenters. The van der Waals surface area contributed by atoms with Crippen molar-refractivity contribution in [3.8, 4) is 0 Å². The summed E-state index contributed by atoms with van der Waals surface area (Å²) in [7, 11) is -1.41. The van der Waals surface area contributed by atoms with Gasteiger partial charge in [0.15, 0.2) is 5.96 Å². The molecule has 2 aromatic carbocycles. The Morgan fingerprint density at radius 2 is 1.74 bits per heavy atom. The highest BCUT2D eigenvalue weighted by Crippen LogP contribution is 2.18. The number of anilines is 1. The Labute approximate surface area is 166 Å². The van der Waals surface area contributed by atoms with E-state index in [4.69, 9.17) is 11.6 Å². The van der Waals surface area contributed by atoms with Crippen molar-refractivity contribution < 1.29 is 8.42 Å². The summed E-state index contributed by atoms with van der Waals surface area (Å²) in [6.45, 7) is 3.66. The Bertz CT molecular complexity index is 900. The lowest BCUT2D eigenvalue weighted by molar-refractivity contribution is 0.477. The number of guanidine groups is 1. The fourth-order valence-electron chi connectivity index (χ4n) is 2.54. The quantitative estimate of drug-likeness (QED) is 0.544.